The van der Waals surface area contributed by atoms with Gasteiger partial charge in [-0.05, 0) is 52.0 Å². The smallest absolute Gasteiger partial charge is 0.253 e. The molecule has 2 rings (SSSR count). The first-order valence-electron chi connectivity index (χ1n) is 8.10. The first kappa shape index (κ1) is 19.1. The van der Waals surface area contributed by atoms with E-state index in [2.05, 4.69) is 9.71 Å². The van der Waals surface area contributed by atoms with Crippen molar-refractivity contribution in [3.05, 3.63) is 47.2 Å². The Balaban J connectivity index is 2.10. The number of aromatic nitrogens is 1. The fourth-order valence-corrected chi connectivity index (χ4v) is 3.30. The second-order valence-electron chi connectivity index (χ2n) is 5.58. The quantitative estimate of drug-likeness (QED) is 0.812. The van der Waals surface area contributed by atoms with Crippen LogP contribution >= 0.6 is 0 Å². The highest BCUT2D eigenvalue weighted by molar-refractivity contribution is 7.89. The molecule has 0 saturated carbocycles. The number of benzene rings is 1. The predicted molar refractivity (Wildman–Crippen MR) is 93.7 cm³/mol. The average molecular weight is 365 g/mol. The Bertz CT molecular complexity index is 818. The van der Waals surface area contributed by atoms with Crippen LogP contribution in [0.4, 0.5) is 0 Å². The lowest BCUT2D eigenvalue weighted by Crippen LogP contribution is -2.30. The molecule has 25 heavy (non-hydrogen) atoms. The molecule has 0 saturated heterocycles. The number of nitrogens with zero attached hydrogens (tertiary/aromatic N) is 2. The maximum absolute atomic E-state index is 12.3. The molecule has 0 spiro atoms. The second-order valence-corrected chi connectivity index (χ2v) is 7.34. The van der Waals surface area contributed by atoms with E-state index in [-0.39, 0.29) is 17.3 Å². The third-order valence-corrected chi connectivity index (χ3v) is 5.37. The molecular formula is C17H23N3O4S. The summed E-state index contributed by atoms with van der Waals surface area (Å²) in [6.45, 7) is 8.54. The molecule has 136 valence electrons. The number of amides is 1. The molecule has 1 amide bonds. The second kappa shape index (κ2) is 7.79. The van der Waals surface area contributed by atoms with Crippen molar-refractivity contribution in [1.82, 2.24) is 14.6 Å². The summed E-state index contributed by atoms with van der Waals surface area (Å²) in [5.41, 5.74) is 1.19. The zero-order valence-electron chi connectivity index (χ0n) is 14.9. The molecule has 1 aromatic heterocycles. The average Bonchev–Trinajstić information content (AvgIpc) is 2.92. The molecule has 1 heterocycles. The molecule has 0 radical (unpaired) electrons. The van der Waals surface area contributed by atoms with Crippen LogP contribution < -0.4 is 4.72 Å². The zero-order valence-corrected chi connectivity index (χ0v) is 15.7. The van der Waals surface area contributed by atoms with Crippen LogP contribution in [0.15, 0.2) is 33.6 Å². The molecule has 2 aromatic rings. The SMILES string of the molecule is CCN(CC)C(=O)c1ccc(S(=O)(=O)NCc2nc(C)c(C)o2)cc1. The van der Waals surface area contributed by atoms with E-state index in [1.165, 1.54) is 24.3 Å². The molecule has 1 N–H and O–H groups in total. The van der Waals surface area contributed by atoms with Crippen LogP contribution in [0.1, 0.15) is 41.6 Å². The minimum Gasteiger partial charge on any atom is -0.444 e. The zero-order chi connectivity index (χ0) is 18.6. The van der Waals surface area contributed by atoms with Crippen molar-refractivity contribution in [3.8, 4) is 0 Å². The minimum atomic E-state index is -3.71. The van der Waals surface area contributed by atoms with Gasteiger partial charge in [-0.25, -0.2) is 18.1 Å². The molecule has 0 aliphatic rings. The van der Waals surface area contributed by atoms with Gasteiger partial charge in [-0.3, -0.25) is 4.79 Å². The van der Waals surface area contributed by atoms with Gasteiger partial charge in [0.15, 0.2) is 0 Å². The molecule has 8 heteroatoms. The Morgan fingerprint density at radius 2 is 1.76 bits per heavy atom. The monoisotopic (exact) mass is 365 g/mol. The van der Waals surface area contributed by atoms with E-state index in [4.69, 9.17) is 4.42 Å². The van der Waals surface area contributed by atoms with Crippen molar-refractivity contribution >= 4 is 15.9 Å². The molecule has 0 unspecified atom stereocenters. The standard InChI is InChI=1S/C17H23N3O4S/c1-5-20(6-2)17(21)14-7-9-15(10-8-14)25(22,23)18-11-16-19-12(3)13(4)24-16/h7-10,18H,5-6,11H2,1-4H3. The minimum absolute atomic E-state index is 0.0306. The van der Waals surface area contributed by atoms with Crippen molar-refractivity contribution in [2.75, 3.05) is 13.1 Å². The fourth-order valence-electron chi connectivity index (χ4n) is 2.32. The number of aryl methyl sites for hydroxylation is 2. The number of carbonyl (C=O) groups excluding carboxylic acids is 1. The van der Waals surface area contributed by atoms with Crippen LogP contribution in [-0.4, -0.2) is 37.3 Å². The summed E-state index contributed by atoms with van der Waals surface area (Å²) in [5.74, 6) is 0.855. The Morgan fingerprint density at radius 3 is 2.24 bits per heavy atom. The molecule has 0 atom stereocenters. The Kier molecular flexibility index (Phi) is 5.97. The third kappa shape index (κ3) is 4.46. The highest BCUT2D eigenvalue weighted by Gasteiger charge is 2.18. The normalized spacial score (nSPS) is 11.5. The fraction of sp³-hybridized carbons (Fsp3) is 0.412. The number of rotatable bonds is 7. The molecule has 7 nitrogen and oxygen atoms in total. The lowest BCUT2D eigenvalue weighted by molar-refractivity contribution is 0.0773. The van der Waals surface area contributed by atoms with Crippen molar-refractivity contribution in [2.24, 2.45) is 0 Å². The molecular weight excluding hydrogens is 342 g/mol. The molecule has 0 fully saturated rings. The van der Waals surface area contributed by atoms with Gasteiger partial charge in [0.1, 0.15) is 5.76 Å². The van der Waals surface area contributed by atoms with Crippen molar-refractivity contribution in [1.29, 1.82) is 0 Å². The van der Waals surface area contributed by atoms with E-state index in [9.17, 15) is 13.2 Å². The maximum Gasteiger partial charge on any atom is 0.253 e. The van der Waals surface area contributed by atoms with Crippen LogP contribution in [0.25, 0.3) is 0 Å². The highest BCUT2D eigenvalue weighted by Crippen LogP contribution is 2.14. The lowest BCUT2D eigenvalue weighted by Gasteiger charge is -2.18. The van der Waals surface area contributed by atoms with E-state index < -0.39 is 10.0 Å². The summed E-state index contributed by atoms with van der Waals surface area (Å²) in [6.07, 6.45) is 0. The number of oxazole rings is 1. The van der Waals surface area contributed by atoms with E-state index in [1.807, 2.05) is 13.8 Å². The molecule has 0 bridgehead atoms. The number of hydrogen-bond acceptors (Lipinski definition) is 5. The number of hydrogen-bond donors (Lipinski definition) is 1. The van der Waals surface area contributed by atoms with Gasteiger partial charge in [-0.15, -0.1) is 0 Å². The molecule has 0 aliphatic heterocycles. The van der Waals surface area contributed by atoms with Gasteiger partial charge >= 0.3 is 0 Å². The summed E-state index contributed by atoms with van der Waals surface area (Å²) >= 11 is 0. The highest BCUT2D eigenvalue weighted by atomic mass is 32.2. The van der Waals surface area contributed by atoms with E-state index in [0.29, 0.717) is 30.3 Å². The van der Waals surface area contributed by atoms with Gasteiger partial charge in [-0.1, -0.05) is 0 Å². The van der Waals surface area contributed by atoms with Crippen LogP contribution in [0.3, 0.4) is 0 Å². The lowest BCUT2D eigenvalue weighted by atomic mass is 10.2. The van der Waals surface area contributed by atoms with Crippen LogP contribution in [-0.2, 0) is 16.6 Å². The summed E-state index contributed by atoms with van der Waals surface area (Å²) in [7, 11) is -3.71. The van der Waals surface area contributed by atoms with Gasteiger partial charge in [0.2, 0.25) is 15.9 Å². The van der Waals surface area contributed by atoms with E-state index in [1.54, 1.807) is 18.7 Å². The molecule has 0 aliphatic carbocycles. The van der Waals surface area contributed by atoms with Crippen LogP contribution in [0, 0.1) is 13.8 Å². The first-order valence-corrected chi connectivity index (χ1v) is 9.58. The van der Waals surface area contributed by atoms with Gasteiger partial charge in [0.25, 0.3) is 5.91 Å². The first-order chi connectivity index (χ1) is 11.8. The van der Waals surface area contributed by atoms with Crippen molar-refractivity contribution in [3.63, 3.8) is 0 Å². The maximum atomic E-state index is 12.3. The third-order valence-electron chi connectivity index (χ3n) is 3.95. The van der Waals surface area contributed by atoms with E-state index in [0.717, 1.165) is 5.69 Å². The summed E-state index contributed by atoms with van der Waals surface area (Å²) in [5, 5.41) is 0. The largest absolute Gasteiger partial charge is 0.444 e. The van der Waals surface area contributed by atoms with Gasteiger partial charge in [-0.2, -0.15) is 0 Å². The summed E-state index contributed by atoms with van der Waals surface area (Å²) in [4.78, 5) is 18.2. The van der Waals surface area contributed by atoms with Crippen molar-refractivity contribution < 1.29 is 17.6 Å². The summed E-state index contributed by atoms with van der Waals surface area (Å²) < 4.78 is 32.5. The predicted octanol–water partition coefficient (Wildman–Crippen LogP) is 2.25. The topological polar surface area (TPSA) is 92.5 Å². The van der Waals surface area contributed by atoms with Crippen LogP contribution in [0.2, 0.25) is 0 Å². The van der Waals surface area contributed by atoms with Gasteiger partial charge in [0.05, 0.1) is 17.1 Å². The van der Waals surface area contributed by atoms with E-state index >= 15 is 0 Å². The van der Waals surface area contributed by atoms with Crippen LogP contribution in [0.5, 0.6) is 0 Å². The van der Waals surface area contributed by atoms with Gasteiger partial charge < -0.3 is 9.32 Å². The number of sulfonamides is 1. The summed E-state index contributed by atoms with van der Waals surface area (Å²) in [6, 6.07) is 5.89. The Labute approximate surface area is 148 Å². The number of carbonyl (C=O) groups is 1. The number of nitrogens with one attached hydrogen (secondary N) is 1. The Morgan fingerprint density at radius 1 is 1.16 bits per heavy atom. The molecule has 1 aromatic carbocycles. The van der Waals surface area contributed by atoms with Crippen molar-refractivity contribution in [2.45, 2.75) is 39.1 Å². The Hall–Kier alpha value is -2.19. The van der Waals surface area contributed by atoms with Gasteiger partial charge in [0, 0.05) is 18.7 Å².